The second kappa shape index (κ2) is 5.12. The number of fused-ring (bicyclic) bond motifs is 1. The summed E-state index contributed by atoms with van der Waals surface area (Å²) < 4.78 is 1.80. The summed E-state index contributed by atoms with van der Waals surface area (Å²) in [5.74, 6) is 0. The minimum atomic E-state index is -0.00605. The molecule has 0 bridgehead atoms. The van der Waals surface area contributed by atoms with Crippen molar-refractivity contribution in [1.29, 1.82) is 0 Å². The SMILES string of the molecule is CC[C@H](CN(C)C)n1c(O)nc2ncc(Cl)cc21. The Balaban J connectivity index is 2.53. The van der Waals surface area contributed by atoms with Crippen molar-refractivity contribution in [3.63, 3.8) is 0 Å². The number of aromatic nitrogens is 3. The van der Waals surface area contributed by atoms with Crippen LogP contribution >= 0.6 is 11.6 Å². The standard InChI is InChI=1S/C12H17ClN4O/c1-4-9(7-16(2)3)17-10-5-8(13)6-14-11(10)15-12(17)18/h5-6,9H,4,7H2,1-3H3,(H,14,15,18)/t9-/m1/s1. The second-order valence-corrected chi connectivity index (χ2v) is 5.04. The number of imidazole rings is 1. The molecule has 0 radical (unpaired) electrons. The van der Waals surface area contributed by atoms with Crippen LogP contribution in [0.1, 0.15) is 19.4 Å². The molecule has 0 fully saturated rings. The normalized spacial score (nSPS) is 13.4. The lowest BCUT2D eigenvalue weighted by Crippen LogP contribution is -2.23. The van der Waals surface area contributed by atoms with E-state index in [9.17, 15) is 5.11 Å². The first-order valence-corrected chi connectivity index (χ1v) is 6.28. The van der Waals surface area contributed by atoms with Gasteiger partial charge in [0.2, 0.25) is 0 Å². The molecule has 6 heteroatoms. The van der Waals surface area contributed by atoms with Gasteiger partial charge in [-0.2, -0.15) is 4.98 Å². The molecule has 2 aromatic heterocycles. The smallest absolute Gasteiger partial charge is 0.296 e. The van der Waals surface area contributed by atoms with Crippen LogP contribution in [0.15, 0.2) is 12.3 Å². The van der Waals surface area contributed by atoms with Crippen LogP contribution in [0.4, 0.5) is 0 Å². The topological polar surface area (TPSA) is 54.2 Å². The summed E-state index contributed by atoms with van der Waals surface area (Å²) >= 11 is 5.96. The fourth-order valence-corrected chi connectivity index (χ4v) is 2.27. The van der Waals surface area contributed by atoms with Crippen LogP contribution in [0.25, 0.3) is 11.2 Å². The maximum Gasteiger partial charge on any atom is 0.296 e. The Hall–Kier alpha value is -1.33. The van der Waals surface area contributed by atoms with Crippen molar-refractivity contribution in [1.82, 2.24) is 19.4 Å². The number of hydrogen-bond acceptors (Lipinski definition) is 4. The van der Waals surface area contributed by atoms with Gasteiger partial charge in [0.25, 0.3) is 6.01 Å². The van der Waals surface area contributed by atoms with Crippen molar-refractivity contribution in [3.8, 4) is 6.01 Å². The molecule has 1 atom stereocenters. The average Bonchev–Trinajstić information content (AvgIpc) is 2.61. The molecule has 0 aliphatic heterocycles. The summed E-state index contributed by atoms with van der Waals surface area (Å²) in [7, 11) is 4.01. The average molecular weight is 269 g/mol. The van der Waals surface area contributed by atoms with E-state index in [4.69, 9.17) is 11.6 Å². The molecule has 0 amide bonds. The lowest BCUT2D eigenvalue weighted by molar-refractivity contribution is 0.293. The Morgan fingerprint density at radius 2 is 2.22 bits per heavy atom. The lowest BCUT2D eigenvalue weighted by atomic mass is 10.2. The molecule has 0 saturated carbocycles. The first-order chi connectivity index (χ1) is 8.52. The number of pyridine rings is 1. The minimum Gasteiger partial charge on any atom is -0.480 e. The van der Waals surface area contributed by atoms with E-state index in [2.05, 4.69) is 21.8 Å². The largest absolute Gasteiger partial charge is 0.480 e. The summed E-state index contributed by atoms with van der Waals surface area (Å²) in [5, 5.41) is 10.5. The molecule has 0 aliphatic rings. The Morgan fingerprint density at radius 3 is 2.83 bits per heavy atom. The van der Waals surface area contributed by atoms with E-state index >= 15 is 0 Å². The van der Waals surface area contributed by atoms with Crippen molar-refractivity contribution >= 4 is 22.8 Å². The van der Waals surface area contributed by atoms with Gasteiger partial charge in [-0.25, -0.2) is 4.98 Å². The Morgan fingerprint density at radius 1 is 1.50 bits per heavy atom. The Labute approximate surface area is 111 Å². The van der Waals surface area contributed by atoms with Crippen molar-refractivity contribution in [3.05, 3.63) is 17.3 Å². The molecule has 0 aliphatic carbocycles. The quantitative estimate of drug-likeness (QED) is 0.925. The summed E-state index contributed by atoms with van der Waals surface area (Å²) in [6, 6.07) is 1.92. The molecule has 2 rings (SSSR count). The van der Waals surface area contributed by atoms with Gasteiger partial charge in [-0.1, -0.05) is 18.5 Å². The van der Waals surface area contributed by atoms with Gasteiger partial charge in [0, 0.05) is 12.7 Å². The lowest BCUT2D eigenvalue weighted by Gasteiger charge is -2.22. The van der Waals surface area contributed by atoms with Crippen LogP contribution < -0.4 is 0 Å². The summed E-state index contributed by atoms with van der Waals surface area (Å²) in [6.07, 6.45) is 2.43. The maximum atomic E-state index is 9.99. The highest BCUT2D eigenvalue weighted by atomic mass is 35.5. The summed E-state index contributed by atoms with van der Waals surface area (Å²) in [4.78, 5) is 10.3. The summed E-state index contributed by atoms with van der Waals surface area (Å²) in [6.45, 7) is 2.90. The molecule has 1 N–H and O–H groups in total. The molecule has 98 valence electrons. The van der Waals surface area contributed by atoms with Crippen LogP contribution in [0.2, 0.25) is 5.02 Å². The van der Waals surface area contributed by atoms with Gasteiger partial charge in [0.05, 0.1) is 16.6 Å². The van der Waals surface area contributed by atoms with Crippen molar-refractivity contribution in [2.24, 2.45) is 0 Å². The van der Waals surface area contributed by atoms with Crippen LogP contribution in [0.5, 0.6) is 6.01 Å². The zero-order valence-corrected chi connectivity index (χ0v) is 11.5. The number of halogens is 1. The highest BCUT2D eigenvalue weighted by molar-refractivity contribution is 6.31. The van der Waals surface area contributed by atoms with Crippen molar-refractivity contribution < 1.29 is 5.11 Å². The van der Waals surface area contributed by atoms with E-state index in [1.165, 1.54) is 6.20 Å². The zero-order chi connectivity index (χ0) is 13.3. The molecule has 0 spiro atoms. The van der Waals surface area contributed by atoms with Crippen LogP contribution in [-0.4, -0.2) is 45.2 Å². The van der Waals surface area contributed by atoms with Crippen LogP contribution in [-0.2, 0) is 0 Å². The fraction of sp³-hybridized carbons (Fsp3) is 0.500. The molecule has 5 nitrogen and oxygen atoms in total. The molecular formula is C12H17ClN4O. The molecule has 18 heavy (non-hydrogen) atoms. The van der Waals surface area contributed by atoms with E-state index in [1.807, 2.05) is 14.1 Å². The van der Waals surface area contributed by atoms with Crippen molar-refractivity contribution in [2.45, 2.75) is 19.4 Å². The number of hydrogen-bond donors (Lipinski definition) is 1. The van der Waals surface area contributed by atoms with Gasteiger partial charge in [0.15, 0.2) is 5.65 Å². The first-order valence-electron chi connectivity index (χ1n) is 5.90. The Kier molecular flexibility index (Phi) is 3.73. The monoisotopic (exact) mass is 268 g/mol. The van der Waals surface area contributed by atoms with Gasteiger partial charge < -0.3 is 10.0 Å². The van der Waals surface area contributed by atoms with Gasteiger partial charge in [0.1, 0.15) is 0 Å². The highest BCUT2D eigenvalue weighted by Crippen LogP contribution is 2.27. The van der Waals surface area contributed by atoms with E-state index in [-0.39, 0.29) is 12.1 Å². The first kappa shape index (κ1) is 13.1. The predicted molar refractivity (Wildman–Crippen MR) is 72.1 cm³/mol. The third kappa shape index (κ3) is 2.42. The minimum absolute atomic E-state index is 0.00605. The van der Waals surface area contributed by atoms with Crippen molar-refractivity contribution in [2.75, 3.05) is 20.6 Å². The third-order valence-electron chi connectivity index (χ3n) is 2.91. The highest BCUT2D eigenvalue weighted by Gasteiger charge is 2.19. The number of likely N-dealkylation sites (N-methyl/N-ethyl adjacent to an activating group) is 1. The molecule has 2 heterocycles. The molecule has 0 saturated heterocycles. The molecule has 0 aromatic carbocycles. The van der Waals surface area contributed by atoms with Crippen LogP contribution in [0.3, 0.4) is 0 Å². The summed E-state index contributed by atoms with van der Waals surface area (Å²) in [5.41, 5.74) is 1.29. The van der Waals surface area contributed by atoms with E-state index in [1.54, 1.807) is 10.6 Å². The number of aromatic hydroxyl groups is 1. The second-order valence-electron chi connectivity index (χ2n) is 4.60. The van der Waals surface area contributed by atoms with Gasteiger partial charge in [-0.15, -0.1) is 0 Å². The predicted octanol–water partition coefficient (Wildman–Crippen LogP) is 2.30. The van der Waals surface area contributed by atoms with E-state index < -0.39 is 0 Å². The Bertz CT molecular complexity index is 552. The number of nitrogens with zero attached hydrogens (tertiary/aromatic N) is 4. The zero-order valence-electron chi connectivity index (χ0n) is 10.8. The maximum absolute atomic E-state index is 9.99. The van der Waals surface area contributed by atoms with E-state index in [0.717, 1.165) is 18.5 Å². The number of rotatable bonds is 4. The molecular weight excluding hydrogens is 252 g/mol. The third-order valence-corrected chi connectivity index (χ3v) is 3.11. The van der Waals surface area contributed by atoms with Gasteiger partial charge in [-0.05, 0) is 26.6 Å². The van der Waals surface area contributed by atoms with Crippen LogP contribution in [0, 0.1) is 0 Å². The van der Waals surface area contributed by atoms with E-state index in [0.29, 0.717) is 10.7 Å². The van der Waals surface area contributed by atoms with Gasteiger partial charge >= 0.3 is 0 Å². The molecule has 0 unspecified atom stereocenters. The van der Waals surface area contributed by atoms with Gasteiger partial charge in [-0.3, -0.25) is 4.57 Å². The molecule has 2 aromatic rings. The fourth-order valence-electron chi connectivity index (χ4n) is 2.12.